The molecule has 0 bridgehead atoms. The maximum absolute atomic E-state index is 10.8. The molecule has 0 aliphatic heterocycles. The molecule has 2 N–H and O–H groups in total. The van der Waals surface area contributed by atoms with Crippen molar-refractivity contribution in [2.24, 2.45) is 0 Å². The van der Waals surface area contributed by atoms with Crippen LogP contribution in [0.1, 0.15) is 50.5 Å². The highest BCUT2D eigenvalue weighted by atomic mass is 16.5. The van der Waals surface area contributed by atoms with Crippen LogP contribution in [0.4, 0.5) is 0 Å². The van der Waals surface area contributed by atoms with Gasteiger partial charge in [-0.05, 0) is 57.7 Å². The highest BCUT2D eigenvalue weighted by Crippen LogP contribution is 2.26. The van der Waals surface area contributed by atoms with Crippen LogP contribution in [0.3, 0.4) is 0 Å². The molecule has 140 valence electrons. The van der Waals surface area contributed by atoms with Gasteiger partial charge in [0.25, 0.3) is 0 Å². The molecule has 1 aromatic carbocycles. The number of hydrogen-bond acceptors (Lipinski definition) is 4. The molecular weight excluding hydrogens is 312 g/mol. The molecule has 0 saturated heterocycles. The Hall–Kier alpha value is -1.10. The van der Waals surface area contributed by atoms with Gasteiger partial charge in [0, 0.05) is 25.2 Å². The van der Waals surface area contributed by atoms with Crippen LogP contribution in [-0.4, -0.2) is 54.4 Å². The van der Waals surface area contributed by atoms with Gasteiger partial charge in [-0.3, -0.25) is 0 Å². The van der Waals surface area contributed by atoms with Gasteiger partial charge in [-0.2, -0.15) is 0 Å². The maximum Gasteiger partial charge on any atom is 0.126 e. The molecule has 0 unspecified atom stereocenters. The van der Waals surface area contributed by atoms with E-state index < -0.39 is 6.10 Å². The molecule has 0 radical (unpaired) electrons. The van der Waals surface area contributed by atoms with Gasteiger partial charge in [-0.15, -0.1) is 0 Å². The molecule has 0 spiro atoms. The summed E-state index contributed by atoms with van der Waals surface area (Å²) in [6.07, 6.45) is 7.94. The van der Waals surface area contributed by atoms with Crippen molar-refractivity contribution < 1.29 is 9.84 Å². The van der Waals surface area contributed by atoms with E-state index in [1.165, 1.54) is 25.7 Å². The first-order valence-electron chi connectivity index (χ1n) is 9.99. The van der Waals surface area contributed by atoms with Crippen LogP contribution in [0.2, 0.25) is 0 Å². The Kier molecular flexibility index (Phi) is 6.74. The first-order valence-corrected chi connectivity index (χ1v) is 9.99. The molecule has 25 heavy (non-hydrogen) atoms. The van der Waals surface area contributed by atoms with Gasteiger partial charge in [0.2, 0.25) is 0 Å². The summed E-state index contributed by atoms with van der Waals surface area (Å²) >= 11 is 0. The standard InChI is InChI=1S/C21H34N2O2/c1-16-8-3-6-12-19(16)25-20-13-7-11-18(21(20)24)22-14-15-23(2)17-9-4-5-10-17/h3,6,8,12,17-18,20-22,24H,4-5,7,9-11,13-15H2,1-2H3/t18-,20+,21+/m0/s1. The van der Waals surface area contributed by atoms with Crippen LogP contribution in [0.25, 0.3) is 0 Å². The summed E-state index contributed by atoms with van der Waals surface area (Å²) in [6, 6.07) is 8.96. The molecular formula is C21H34N2O2. The molecule has 3 rings (SSSR count). The zero-order chi connectivity index (χ0) is 17.6. The molecule has 4 heteroatoms. The minimum absolute atomic E-state index is 0.111. The monoisotopic (exact) mass is 346 g/mol. The van der Waals surface area contributed by atoms with E-state index in [0.29, 0.717) is 0 Å². The van der Waals surface area contributed by atoms with E-state index in [9.17, 15) is 5.11 Å². The van der Waals surface area contributed by atoms with E-state index >= 15 is 0 Å². The van der Waals surface area contributed by atoms with E-state index in [1.54, 1.807) is 0 Å². The minimum Gasteiger partial charge on any atom is -0.487 e. The Balaban J connectivity index is 1.46. The number of aliphatic hydroxyl groups is 1. The quantitative estimate of drug-likeness (QED) is 0.796. The fraction of sp³-hybridized carbons (Fsp3) is 0.714. The summed E-state index contributed by atoms with van der Waals surface area (Å²) in [4.78, 5) is 2.48. The molecule has 2 aliphatic carbocycles. The highest BCUT2D eigenvalue weighted by molar-refractivity contribution is 5.32. The molecule has 0 heterocycles. The summed E-state index contributed by atoms with van der Waals surface area (Å²) in [5.41, 5.74) is 1.13. The summed E-state index contributed by atoms with van der Waals surface area (Å²) < 4.78 is 6.14. The third kappa shape index (κ3) is 4.96. The number of para-hydroxylation sites is 1. The van der Waals surface area contributed by atoms with Crippen molar-refractivity contribution >= 4 is 0 Å². The van der Waals surface area contributed by atoms with Crippen LogP contribution in [0, 0.1) is 6.92 Å². The van der Waals surface area contributed by atoms with Crippen molar-refractivity contribution in [3.8, 4) is 5.75 Å². The predicted molar refractivity (Wildman–Crippen MR) is 102 cm³/mol. The summed E-state index contributed by atoms with van der Waals surface area (Å²) in [7, 11) is 2.24. The van der Waals surface area contributed by atoms with E-state index in [-0.39, 0.29) is 12.1 Å². The number of likely N-dealkylation sites (N-methyl/N-ethyl adjacent to an activating group) is 1. The maximum atomic E-state index is 10.8. The van der Waals surface area contributed by atoms with Crippen molar-refractivity contribution in [1.82, 2.24) is 10.2 Å². The van der Waals surface area contributed by atoms with Crippen molar-refractivity contribution in [3.05, 3.63) is 29.8 Å². The van der Waals surface area contributed by atoms with E-state index in [0.717, 1.165) is 49.7 Å². The lowest BCUT2D eigenvalue weighted by atomic mass is 9.89. The molecule has 2 aliphatic rings. The second-order valence-corrected chi connectivity index (χ2v) is 7.82. The molecule has 1 aromatic rings. The van der Waals surface area contributed by atoms with Gasteiger partial charge in [-0.1, -0.05) is 31.0 Å². The van der Waals surface area contributed by atoms with Crippen LogP contribution in [0.5, 0.6) is 5.75 Å². The Morgan fingerprint density at radius 1 is 1.12 bits per heavy atom. The van der Waals surface area contributed by atoms with Gasteiger partial charge in [0.1, 0.15) is 18.0 Å². The van der Waals surface area contributed by atoms with Gasteiger partial charge < -0.3 is 20.1 Å². The van der Waals surface area contributed by atoms with Gasteiger partial charge in [0.05, 0.1) is 0 Å². The fourth-order valence-corrected chi connectivity index (χ4v) is 4.30. The van der Waals surface area contributed by atoms with Crippen molar-refractivity contribution in [1.29, 1.82) is 0 Å². The van der Waals surface area contributed by atoms with Crippen LogP contribution in [-0.2, 0) is 0 Å². The number of aryl methyl sites for hydroxylation is 1. The average molecular weight is 347 g/mol. The summed E-state index contributed by atoms with van der Waals surface area (Å²) in [5.74, 6) is 0.896. The highest BCUT2D eigenvalue weighted by Gasteiger charge is 2.33. The minimum atomic E-state index is -0.440. The Morgan fingerprint density at radius 3 is 2.64 bits per heavy atom. The fourth-order valence-electron chi connectivity index (χ4n) is 4.30. The summed E-state index contributed by atoms with van der Waals surface area (Å²) in [5, 5.41) is 14.3. The average Bonchev–Trinajstić information content (AvgIpc) is 3.14. The molecule has 0 aromatic heterocycles. The largest absolute Gasteiger partial charge is 0.487 e. The SMILES string of the molecule is Cc1ccccc1O[C@@H]1CCC[C@H](NCCN(C)C2CCCC2)[C@H]1O. The third-order valence-electron chi connectivity index (χ3n) is 5.99. The predicted octanol–water partition coefficient (Wildman–Crippen LogP) is 3.12. The molecule has 2 saturated carbocycles. The zero-order valence-corrected chi connectivity index (χ0v) is 15.8. The van der Waals surface area contributed by atoms with Gasteiger partial charge in [-0.25, -0.2) is 0 Å². The number of aliphatic hydroxyl groups excluding tert-OH is 1. The number of hydrogen-bond donors (Lipinski definition) is 2. The topological polar surface area (TPSA) is 44.7 Å². The van der Waals surface area contributed by atoms with Gasteiger partial charge >= 0.3 is 0 Å². The Morgan fingerprint density at radius 2 is 1.88 bits per heavy atom. The Bertz CT molecular complexity index is 530. The van der Waals surface area contributed by atoms with Crippen LogP contribution in [0.15, 0.2) is 24.3 Å². The Labute approximate surface area is 152 Å². The number of nitrogens with zero attached hydrogens (tertiary/aromatic N) is 1. The lowest BCUT2D eigenvalue weighted by molar-refractivity contribution is -0.0160. The molecule has 0 amide bonds. The van der Waals surface area contributed by atoms with E-state index in [1.807, 2.05) is 18.2 Å². The number of ether oxygens (including phenoxy) is 1. The van der Waals surface area contributed by atoms with Crippen molar-refractivity contribution in [2.75, 3.05) is 20.1 Å². The first-order chi connectivity index (χ1) is 12.1. The number of benzene rings is 1. The number of rotatable bonds is 7. The molecule has 2 fully saturated rings. The van der Waals surface area contributed by atoms with Crippen molar-refractivity contribution in [2.45, 2.75) is 76.2 Å². The third-order valence-corrected chi connectivity index (χ3v) is 5.99. The van der Waals surface area contributed by atoms with Gasteiger partial charge in [0.15, 0.2) is 0 Å². The van der Waals surface area contributed by atoms with Crippen LogP contribution < -0.4 is 10.1 Å². The summed E-state index contributed by atoms with van der Waals surface area (Å²) in [6.45, 7) is 4.04. The second-order valence-electron chi connectivity index (χ2n) is 7.82. The molecule has 4 nitrogen and oxygen atoms in total. The normalized spacial score (nSPS) is 27.8. The van der Waals surface area contributed by atoms with Crippen molar-refractivity contribution in [3.63, 3.8) is 0 Å². The lowest BCUT2D eigenvalue weighted by Crippen LogP contribution is -2.52. The smallest absolute Gasteiger partial charge is 0.126 e. The van der Waals surface area contributed by atoms with E-state index in [2.05, 4.69) is 30.3 Å². The lowest BCUT2D eigenvalue weighted by Gasteiger charge is -2.36. The second kappa shape index (κ2) is 9.02. The van der Waals surface area contributed by atoms with Crippen LogP contribution >= 0.6 is 0 Å². The first kappa shape index (κ1) is 18.7. The van der Waals surface area contributed by atoms with E-state index in [4.69, 9.17) is 4.74 Å². The number of nitrogens with one attached hydrogen (secondary N) is 1. The zero-order valence-electron chi connectivity index (χ0n) is 15.8. The molecule has 3 atom stereocenters.